The molecule has 0 aliphatic rings. The van der Waals surface area contributed by atoms with Crippen molar-refractivity contribution in [2.45, 2.75) is 13.0 Å². The van der Waals surface area contributed by atoms with Gasteiger partial charge in [-0.25, -0.2) is 0 Å². The van der Waals surface area contributed by atoms with E-state index in [9.17, 15) is 9.90 Å². The smallest absolute Gasteiger partial charge is 0.550 e. The molecule has 2 aromatic heterocycles. The summed E-state index contributed by atoms with van der Waals surface area (Å²) in [5.74, 6) is 0.636. The largest absolute Gasteiger partial charge is 1.00 e. The van der Waals surface area contributed by atoms with Gasteiger partial charge in [-0.1, -0.05) is 12.1 Å². The maximum atomic E-state index is 10.7. The van der Waals surface area contributed by atoms with Crippen molar-refractivity contribution in [1.82, 2.24) is 35.2 Å². The second-order valence-corrected chi connectivity index (χ2v) is 6.73. The quantitative estimate of drug-likeness (QED) is 0.150. The molecule has 0 unspecified atom stereocenters. The molecular weight excluding hydrogens is 460 g/mol. The molecule has 0 atom stereocenters. The van der Waals surface area contributed by atoms with Gasteiger partial charge in [0.15, 0.2) is 0 Å². The normalized spacial score (nSPS) is 9.85. The van der Waals surface area contributed by atoms with Gasteiger partial charge in [0.05, 0.1) is 11.4 Å². The van der Waals surface area contributed by atoms with Gasteiger partial charge in [-0.05, 0) is 19.2 Å². The van der Waals surface area contributed by atoms with E-state index in [-0.39, 0.29) is 84.0 Å². The zero-order chi connectivity index (χ0) is 22.9. The van der Waals surface area contributed by atoms with Gasteiger partial charge in [0.1, 0.15) is 5.95 Å². The van der Waals surface area contributed by atoms with Crippen molar-refractivity contribution in [2.75, 3.05) is 48.5 Å². The summed E-state index contributed by atoms with van der Waals surface area (Å²) in [6.45, 7) is 0.612. The standard InChI is InChI=1S/C19H24N11O2.2Na/c1-20-10-14-22-11-23-17(26-14)24-12-6-4-5-7-13(12)25-18-27-16(21-9-8-15(31)32)28-19(29-18)30(2)3;;/h4-7,20H,8-10H2,1-3H3,(H,31,32)(H,22,23,24,26)(H2,21,25,27,28,29);;/q-1;2*+1/p-1. The van der Waals surface area contributed by atoms with Crippen LogP contribution in [0.1, 0.15) is 12.2 Å². The second kappa shape index (κ2) is 15.0. The third-order valence-electron chi connectivity index (χ3n) is 3.96. The number of benzene rings is 1. The monoisotopic (exact) mass is 483 g/mol. The minimum Gasteiger partial charge on any atom is -0.550 e. The fraction of sp³-hybridized carbons (Fsp3) is 0.316. The maximum Gasteiger partial charge on any atom is 1.00 e. The molecule has 34 heavy (non-hydrogen) atoms. The predicted molar refractivity (Wildman–Crippen MR) is 117 cm³/mol. The summed E-state index contributed by atoms with van der Waals surface area (Å²) in [5, 5.41) is 22.8. The number of nitrogens with one attached hydrogen (secondary N) is 4. The molecule has 4 N–H and O–H groups in total. The van der Waals surface area contributed by atoms with Gasteiger partial charge in [0.25, 0.3) is 0 Å². The Kier molecular flexibility index (Phi) is 13.2. The first kappa shape index (κ1) is 29.9. The average molecular weight is 483 g/mol. The summed E-state index contributed by atoms with van der Waals surface area (Å²) < 4.78 is 0. The Balaban J connectivity index is 0.00000289. The Morgan fingerprint density at radius 3 is 2.24 bits per heavy atom. The summed E-state index contributed by atoms with van der Waals surface area (Å²) in [5.41, 5.74) is 1.35. The van der Waals surface area contributed by atoms with Gasteiger partial charge >= 0.3 is 59.1 Å². The van der Waals surface area contributed by atoms with Crippen molar-refractivity contribution in [1.29, 1.82) is 0 Å². The van der Waals surface area contributed by atoms with Crippen molar-refractivity contribution in [2.24, 2.45) is 0 Å². The van der Waals surface area contributed by atoms with Crippen LogP contribution in [0.5, 0.6) is 0 Å². The van der Waals surface area contributed by atoms with Crippen molar-refractivity contribution < 1.29 is 69.0 Å². The molecule has 0 radical (unpaired) electrons. The number of carbonyl (C=O) groups is 1. The molecule has 15 heteroatoms. The summed E-state index contributed by atoms with van der Waals surface area (Å²) in [4.78, 5) is 37.7. The third kappa shape index (κ3) is 9.25. The molecule has 1 aromatic carbocycles. The number of aliphatic carboxylic acids is 1. The molecule has 3 aromatic rings. The van der Waals surface area contributed by atoms with Gasteiger partial charge in [-0.2, -0.15) is 15.0 Å². The van der Waals surface area contributed by atoms with Gasteiger partial charge in [-0.15, -0.1) is 0 Å². The first-order valence-electron chi connectivity index (χ1n) is 9.70. The van der Waals surface area contributed by atoms with E-state index >= 15 is 0 Å². The van der Waals surface area contributed by atoms with Crippen LogP contribution in [0.4, 0.5) is 35.2 Å². The van der Waals surface area contributed by atoms with Crippen LogP contribution in [0, 0.1) is 6.33 Å². The van der Waals surface area contributed by atoms with Crippen molar-refractivity contribution in [3.05, 3.63) is 36.4 Å². The zero-order valence-electron chi connectivity index (χ0n) is 19.9. The number of nitrogens with zero attached hydrogens (tertiary/aromatic N) is 7. The number of aromatic nitrogens is 6. The summed E-state index contributed by atoms with van der Waals surface area (Å²) in [6, 6.07) is 7.39. The van der Waals surface area contributed by atoms with E-state index in [1.807, 2.05) is 24.3 Å². The van der Waals surface area contributed by atoms with E-state index in [0.29, 0.717) is 35.6 Å². The summed E-state index contributed by atoms with van der Waals surface area (Å²) in [6.07, 6.45) is 2.41. The first-order valence-corrected chi connectivity index (χ1v) is 9.70. The average Bonchev–Trinajstić information content (AvgIpc) is 2.75. The number of para-hydroxylation sites is 2. The number of hydrogen-bond donors (Lipinski definition) is 4. The van der Waals surface area contributed by atoms with Crippen LogP contribution in [0.2, 0.25) is 0 Å². The number of hydrogen-bond acceptors (Lipinski definition) is 13. The molecular formula is C19H23N11Na2O2. The van der Waals surface area contributed by atoms with Crippen molar-refractivity contribution >= 4 is 41.1 Å². The number of rotatable bonds is 11. The molecule has 0 aliphatic heterocycles. The van der Waals surface area contributed by atoms with Gasteiger partial charge in [0, 0.05) is 51.7 Å². The Morgan fingerprint density at radius 1 is 0.971 bits per heavy atom. The van der Waals surface area contributed by atoms with E-state index in [0.717, 1.165) is 0 Å². The Hall–Kier alpha value is -2.13. The molecule has 168 valence electrons. The van der Waals surface area contributed by atoms with Crippen LogP contribution in [0.15, 0.2) is 24.3 Å². The van der Waals surface area contributed by atoms with E-state index < -0.39 is 5.97 Å². The number of carboxylic acids is 1. The summed E-state index contributed by atoms with van der Waals surface area (Å²) in [7, 11) is 5.38. The molecule has 0 aliphatic carbocycles. The molecule has 0 amide bonds. The van der Waals surface area contributed by atoms with E-state index in [4.69, 9.17) is 0 Å². The van der Waals surface area contributed by atoms with E-state index in [2.05, 4.69) is 57.5 Å². The molecule has 13 nitrogen and oxygen atoms in total. The van der Waals surface area contributed by atoms with Crippen LogP contribution < -0.4 is 90.4 Å². The van der Waals surface area contributed by atoms with Crippen LogP contribution in [-0.2, 0) is 11.3 Å². The van der Waals surface area contributed by atoms with Crippen molar-refractivity contribution in [3.63, 3.8) is 0 Å². The topological polar surface area (TPSA) is 169 Å². The van der Waals surface area contributed by atoms with E-state index in [1.165, 1.54) is 0 Å². The molecule has 0 spiro atoms. The fourth-order valence-electron chi connectivity index (χ4n) is 2.51. The van der Waals surface area contributed by atoms with Gasteiger partial charge in [-0.3, -0.25) is 0 Å². The van der Waals surface area contributed by atoms with Gasteiger partial charge in [0.2, 0.25) is 17.8 Å². The molecule has 0 bridgehead atoms. The first-order chi connectivity index (χ1) is 15.4. The Bertz CT molecular complexity index is 1070. The Morgan fingerprint density at radius 2 is 1.62 bits per heavy atom. The third-order valence-corrected chi connectivity index (χ3v) is 3.96. The molecule has 0 saturated carbocycles. The molecule has 2 heterocycles. The minimum absolute atomic E-state index is 0. The maximum absolute atomic E-state index is 10.7. The zero-order valence-corrected chi connectivity index (χ0v) is 23.9. The van der Waals surface area contributed by atoms with Crippen LogP contribution in [-0.4, -0.2) is 63.6 Å². The number of carbonyl (C=O) groups excluding carboxylic acids is 1. The van der Waals surface area contributed by atoms with Crippen molar-refractivity contribution in [3.8, 4) is 0 Å². The predicted octanol–water partition coefficient (Wildman–Crippen LogP) is -6.31. The van der Waals surface area contributed by atoms with Crippen LogP contribution in [0.25, 0.3) is 0 Å². The Labute approximate surface area is 241 Å². The van der Waals surface area contributed by atoms with Crippen LogP contribution in [0.3, 0.4) is 0 Å². The number of anilines is 6. The molecule has 0 fully saturated rings. The number of carboxylic acid groups (broad SMARTS) is 1. The summed E-state index contributed by atoms with van der Waals surface area (Å²) >= 11 is 0. The molecule has 3 rings (SSSR count). The van der Waals surface area contributed by atoms with Gasteiger partial charge < -0.3 is 51.0 Å². The second-order valence-electron chi connectivity index (χ2n) is 6.73. The SMILES string of the molecule is CNCc1n[c-]nc(Nc2ccccc2Nc2nc(NCCC(=O)[O-])nc(N(C)C)n2)n1.[Na+].[Na+]. The molecule has 0 saturated heterocycles. The van der Waals surface area contributed by atoms with Crippen LogP contribution >= 0.6 is 0 Å². The van der Waals surface area contributed by atoms with E-state index in [1.54, 1.807) is 26.0 Å². The minimum atomic E-state index is -1.16. The fourth-order valence-corrected chi connectivity index (χ4v) is 2.51.